The summed E-state index contributed by atoms with van der Waals surface area (Å²) in [6, 6.07) is 9.66. The Morgan fingerprint density at radius 1 is 1.14 bits per heavy atom. The number of aryl methyl sites for hydroxylation is 2. The number of fused-ring (bicyclic) bond motifs is 1. The summed E-state index contributed by atoms with van der Waals surface area (Å²) in [6.07, 6.45) is -3.82. The third-order valence-corrected chi connectivity index (χ3v) is 6.12. The van der Waals surface area contributed by atoms with Gasteiger partial charge in [0.05, 0.1) is 16.6 Å². The molecule has 4 aromatic rings. The molecule has 0 radical (unpaired) electrons. The van der Waals surface area contributed by atoms with Crippen molar-refractivity contribution in [2.75, 3.05) is 31.7 Å². The molecule has 0 bridgehead atoms. The number of nitrogens with one attached hydrogen (secondary N) is 2. The molecule has 36 heavy (non-hydrogen) atoms. The fourth-order valence-electron chi connectivity index (χ4n) is 4.16. The lowest BCUT2D eigenvalue weighted by atomic mass is 9.94. The van der Waals surface area contributed by atoms with Gasteiger partial charge in [0.15, 0.2) is 5.65 Å². The molecule has 2 heterocycles. The minimum absolute atomic E-state index is 0.0824. The first-order chi connectivity index (χ1) is 17.0. The fourth-order valence-corrected chi connectivity index (χ4v) is 4.16. The third kappa shape index (κ3) is 5.03. The largest absolute Gasteiger partial charge is 0.416 e. The number of aromatic nitrogens is 3. The second-order valence-electron chi connectivity index (χ2n) is 9.02. The van der Waals surface area contributed by atoms with Crippen molar-refractivity contribution in [2.45, 2.75) is 26.4 Å². The number of likely N-dealkylation sites (N-methyl/N-ethyl adjacent to an activating group) is 1. The van der Waals surface area contributed by atoms with E-state index in [-0.39, 0.29) is 5.56 Å². The van der Waals surface area contributed by atoms with Gasteiger partial charge >= 0.3 is 6.18 Å². The summed E-state index contributed by atoms with van der Waals surface area (Å²) in [6.45, 7) is 4.70. The van der Waals surface area contributed by atoms with E-state index in [1.54, 1.807) is 12.1 Å². The van der Waals surface area contributed by atoms with Gasteiger partial charge in [0.1, 0.15) is 5.82 Å². The Morgan fingerprint density at radius 3 is 2.58 bits per heavy atom. The number of nitrogen functional groups attached to an aromatic ring is 1. The van der Waals surface area contributed by atoms with E-state index in [4.69, 9.17) is 10.7 Å². The van der Waals surface area contributed by atoms with Gasteiger partial charge in [-0.3, -0.25) is 9.89 Å². The van der Waals surface area contributed by atoms with Gasteiger partial charge < -0.3 is 16.0 Å². The van der Waals surface area contributed by atoms with Gasteiger partial charge in [-0.15, -0.1) is 0 Å². The van der Waals surface area contributed by atoms with Crippen molar-refractivity contribution in [3.63, 3.8) is 0 Å². The lowest BCUT2D eigenvalue weighted by molar-refractivity contribution is -0.137. The SMILES string of the molecule is Cc1ccc(NC(=O)c2cccc(C(F)(F)F)c2)cc1-c1nc2n[nH]c(N)c2c(C)c1CCN(C)C. The van der Waals surface area contributed by atoms with Crippen molar-refractivity contribution >= 4 is 28.4 Å². The van der Waals surface area contributed by atoms with Crippen molar-refractivity contribution in [3.05, 3.63) is 70.3 Å². The number of benzene rings is 2. The van der Waals surface area contributed by atoms with E-state index in [0.717, 1.165) is 52.0 Å². The van der Waals surface area contributed by atoms with Crippen LogP contribution >= 0.6 is 0 Å². The smallest absolute Gasteiger partial charge is 0.384 e. The van der Waals surface area contributed by atoms with E-state index in [0.29, 0.717) is 23.6 Å². The number of carbonyl (C=O) groups excluding carboxylic acids is 1. The monoisotopic (exact) mass is 496 g/mol. The number of H-pyrrole nitrogens is 1. The molecule has 2 aromatic carbocycles. The highest BCUT2D eigenvalue weighted by Gasteiger charge is 2.31. The molecule has 0 unspecified atom stereocenters. The molecule has 0 fully saturated rings. The number of nitrogens with two attached hydrogens (primary N) is 1. The average molecular weight is 497 g/mol. The maximum atomic E-state index is 13.1. The van der Waals surface area contributed by atoms with Crippen LogP contribution in [0.4, 0.5) is 24.7 Å². The Balaban J connectivity index is 1.75. The summed E-state index contributed by atoms with van der Waals surface area (Å²) in [5, 5.41) is 10.5. The molecule has 0 aliphatic heterocycles. The molecular weight excluding hydrogens is 469 g/mol. The zero-order valence-electron chi connectivity index (χ0n) is 20.4. The van der Waals surface area contributed by atoms with Crippen molar-refractivity contribution in [3.8, 4) is 11.3 Å². The molecule has 7 nitrogen and oxygen atoms in total. The van der Waals surface area contributed by atoms with E-state index in [2.05, 4.69) is 20.4 Å². The summed E-state index contributed by atoms with van der Waals surface area (Å²) < 4.78 is 39.2. The second kappa shape index (κ2) is 9.62. The van der Waals surface area contributed by atoms with Gasteiger partial charge in [0.2, 0.25) is 0 Å². The highest BCUT2D eigenvalue weighted by Crippen LogP contribution is 2.35. The summed E-state index contributed by atoms with van der Waals surface area (Å²) in [4.78, 5) is 19.7. The fraction of sp³-hybridized carbons (Fsp3) is 0.269. The van der Waals surface area contributed by atoms with Crippen LogP contribution < -0.4 is 11.1 Å². The molecule has 0 saturated carbocycles. The molecule has 0 saturated heterocycles. The molecule has 2 aromatic heterocycles. The number of pyridine rings is 1. The Labute approximate surface area is 206 Å². The minimum atomic E-state index is -4.53. The number of anilines is 2. The predicted molar refractivity (Wildman–Crippen MR) is 135 cm³/mol. The molecule has 0 aliphatic carbocycles. The number of rotatable bonds is 6. The van der Waals surface area contributed by atoms with E-state index >= 15 is 0 Å². The van der Waals surface area contributed by atoms with Crippen LogP contribution in [0, 0.1) is 13.8 Å². The van der Waals surface area contributed by atoms with Crippen LogP contribution in [0.3, 0.4) is 0 Å². The number of amides is 1. The van der Waals surface area contributed by atoms with Crippen molar-refractivity contribution < 1.29 is 18.0 Å². The zero-order chi connectivity index (χ0) is 26.2. The predicted octanol–water partition coefficient (Wildman–Crippen LogP) is 5.20. The standard InChI is InChI=1S/C26H27F3N6O/c1-14-8-9-18(31-25(36)16-6-5-7-17(12-16)26(27,28)29)13-20(14)22-19(10-11-35(3)4)15(2)21-23(30)33-34-24(21)32-22/h5-9,12-13H,10-11H2,1-4H3,(H,31,36)(H3,30,32,33,34). The summed E-state index contributed by atoms with van der Waals surface area (Å²) in [5.41, 5.74) is 10.5. The molecule has 0 atom stereocenters. The molecule has 0 aliphatic rings. The Hall–Kier alpha value is -3.92. The van der Waals surface area contributed by atoms with Crippen molar-refractivity contribution in [1.29, 1.82) is 0 Å². The number of alkyl halides is 3. The second-order valence-corrected chi connectivity index (χ2v) is 9.02. The molecular formula is C26H27F3N6O. The number of hydrogen-bond donors (Lipinski definition) is 3. The molecule has 4 rings (SSSR count). The first kappa shape index (κ1) is 25.2. The van der Waals surface area contributed by atoms with E-state index in [9.17, 15) is 18.0 Å². The van der Waals surface area contributed by atoms with Crippen LogP contribution in [0.5, 0.6) is 0 Å². The lowest BCUT2D eigenvalue weighted by Crippen LogP contribution is -2.16. The number of carbonyl (C=O) groups is 1. The Kier molecular flexibility index (Phi) is 6.73. The van der Waals surface area contributed by atoms with Crippen LogP contribution in [0.15, 0.2) is 42.5 Å². The molecule has 0 spiro atoms. The molecule has 10 heteroatoms. The zero-order valence-corrected chi connectivity index (χ0v) is 20.4. The van der Waals surface area contributed by atoms with Crippen LogP contribution in [-0.4, -0.2) is 46.6 Å². The summed E-state index contributed by atoms with van der Waals surface area (Å²) in [5.74, 6) is -0.185. The van der Waals surface area contributed by atoms with Gasteiger partial charge in [-0.25, -0.2) is 4.98 Å². The quantitative estimate of drug-likeness (QED) is 0.341. The summed E-state index contributed by atoms with van der Waals surface area (Å²) in [7, 11) is 3.98. The lowest BCUT2D eigenvalue weighted by Gasteiger charge is -2.18. The number of nitrogens with zero attached hydrogens (tertiary/aromatic N) is 3. The Morgan fingerprint density at radius 2 is 1.89 bits per heavy atom. The van der Waals surface area contributed by atoms with Gasteiger partial charge in [0, 0.05) is 23.4 Å². The molecule has 4 N–H and O–H groups in total. The Bertz CT molecular complexity index is 1440. The highest BCUT2D eigenvalue weighted by atomic mass is 19.4. The van der Waals surface area contributed by atoms with Crippen LogP contribution in [0.2, 0.25) is 0 Å². The van der Waals surface area contributed by atoms with Gasteiger partial charge in [0.25, 0.3) is 5.91 Å². The average Bonchev–Trinajstić information content (AvgIpc) is 3.19. The van der Waals surface area contributed by atoms with Crippen molar-refractivity contribution in [1.82, 2.24) is 20.1 Å². The van der Waals surface area contributed by atoms with Crippen LogP contribution in [0.25, 0.3) is 22.3 Å². The van der Waals surface area contributed by atoms with E-state index in [1.807, 2.05) is 34.0 Å². The molecule has 188 valence electrons. The normalized spacial score (nSPS) is 11.9. The van der Waals surface area contributed by atoms with Gasteiger partial charge in [-0.2, -0.15) is 18.3 Å². The maximum absolute atomic E-state index is 13.1. The topological polar surface area (TPSA) is 99.9 Å². The van der Waals surface area contributed by atoms with Gasteiger partial charge in [-0.1, -0.05) is 12.1 Å². The number of hydrogen-bond acceptors (Lipinski definition) is 5. The van der Waals surface area contributed by atoms with E-state index < -0.39 is 17.6 Å². The van der Waals surface area contributed by atoms with Gasteiger partial charge in [-0.05, 0) is 81.4 Å². The third-order valence-electron chi connectivity index (χ3n) is 6.12. The highest BCUT2D eigenvalue weighted by molar-refractivity contribution is 6.04. The van der Waals surface area contributed by atoms with Crippen molar-refractivity contribution in [2.24, 2.45) is 0 Å². The van der Waals surface area contributed by atoms with Crippen LogP contribution in [-0.2, 0) is 12.6 Å². The minimum Gasteiger partial charge on any atom is -0.384 e. The molecule has 1 amide bonds. The maximum Gasteiger partial charge on any atom is 0.416 e. The van der Waals surface area contributed by atoms with Crippen LogP contribution in [0.1, 0.15) is 32.6 Å². The van der Waals surface area contributed by atoms with E-state index in [1.165, 1.54) is 12.1 Å². The number of aromatic amines is 1. The summed E-state index contributed by atoms with van der Waals surface area (Å²) >= 11 is 0. The first-order valence-electron chi connectivity index (χ1n) is 11.3. The number of halogens is 3. The first-order valence-corrected chi connectivity index (χ1v) is 11.3.